The van der Waals surface area contributed by atoms with E-state index in [1.165, 1.54) is 13.2 Å². The maximum Gasteiger partial charge on any atom is 0.309 e. The van der Waals surface area contributed by atoms with Gasteiger partial charge in [0.15, 0.2) is 0 Å². The predicted octanol–water partition coefficient (Wildman–Crippen LogP) is 3.02. The quantitative estimate of drug-likeness (QED) is 0.485. The van der Waals surface area contributed by atoms with Gasteiger partial charge in [-0.15, -0.1) is 6.58 Å². The van der Waals surface area contributed by atoms with E-state index in [9.17, 15) is 9.59 Å². The number of nitrogens with two attached hydrogens (primary N) is 1. The standard InChI is InChI=1S/C19H22N2O3/c1-4-5-12(2)17-10-14(11-18(22)21-17)15-7-6-13(8-16(15)20)9-19(23)24-3/h4,6-8,10-12H,1,5,9,20H2,2-3H3,(H,21,22). The van der Waals surface area contributed by atoms with Gasteiger partial charge >= 0.3 is 5.97 Å². The second kappa shape index (κ2) is 7.64. The number of anilines is 1. The SMILES string of the molecule is C=CCC(C)c1cc(-c2ccc(CC(=O)OC)cc2N)cc(=O)[nH]1. The Kier molecular flexibility index (Phi) is 5.58. The first-order valence-corrected chi connectivity index (χ1v) is 7.75. The summed E-state index contributed by atoms with van der Waals surface area (Å²) in [5, 5.41) is 0. The molecule has 1 atom stereocenters. The molecule has 1 heterocycles. The van der Waals surface area contributed by atoms with Crippen molar-refractivity contribution >= 4 is 11.7 Å². The van der Waals surface area contributed by atoms with Crippen LogP contribution in [0.15, 0.2) is 47.8 Å². The molecular weight excluding hydrogens is 304 g/mol. The third-order valence-corrected chi connectivity index (χ3v) is 3.92. The molecular formula is C19H22N2O3. The fraction of sp³-hybridized carbons (Fsp3) is 0.263. The van der Waals surface area contributed by atoms with E-state index >= 15 is 0 Å². The van der Waals surface area contributed by atoms with E-state index < -0.39 is 0 Å². The Labute approximate surface area is 141 Å². The van der Waals surface area contributed by atoms with Crippen LogP contribution in [0.2, 0.25) is 0 Å². The Morgan fingerprint density at radius 2 is 2.12 bits per heavy atom. The van der Waals surface area contributed by atoms with Crippen LogP contribution in [-0.4, -0.2) is 18.1 Å². The molecule has 2 aromatic rings. The van der Waals surface area contributed by atoms with Gasteiger partial charge in [0.2, 0.25) is 5.56 Å². The number of aromatic nitrogens is 1. The third-order valence-electron chi connectivity index (χ3n) is 3.92. The lowest BCUT2D eigenvalue weighted by Crippen LogP contribution is -2.10. The fourth-order valence-corrected chi connectivity index (χ4v) is 2.59. The molecule has 0 saturated carbocycles. The monoisotopic (exact) mass is 326 g/mol. The number of pyridine rings is 1. The van der Waals surface area contributed by atoms with E-state index in [-0.39, 0.29) is 23.9 Å². The minimum atomic E-state index is -0.321. The molecule has 2 rings (SSSR count). The number of nitrogens with one attached hydrogen (secondary N) is 1. The highest BCUT2D eigenvalue weighted by molar-refractivity contribution is 5.79. The summed E-state index contributed by atoms with van der Waals surface area (Å²) in [6.07, 6.45) is 2.76. The van der Waals surface area contributed by atoms with Gasteiger partial charge in [-0.05, 0) is 35.6 Å². The largest absolute Gasteiger partial charge is 0.469 e. The summed E-state index contributed by atoms with van der Waals surface area (Å²) >= 11 is 0. The van der Waals surface area contributed by atoms with Gasteiger partial charge < -0.3 is 15.5 Å². The Hall–Kier alpha value is -2.82. The number of hydrogen-bond acceptors (Lipinski definition) is 4. The number of carbonyl (C=O) groups excluding carboxylic acids is 1. The number of aromatic amines is 1. The van der Waals surface area contributed by atoms with Crippen LogP contribution in [0.25, 0.3) is 11.1 Å². The molecule has 0 spiro atoms. The summed E-state index contributed by atoms with van der Waals surface area (Å²) in [6, 6.07) is 8.83. The number of nitrogen functional groups attached to an aromatic ring is 1. The van der Waals surface area contributed by atoms with E-state index in [0.717, 1.165) is 28.8 Å². The number of methoxy groups -OCH3 is 1. The highest BCUT2D eigenvalue weighted by Crippen LogP contribution is 2.28. The lowest BCUT2D eigenvalue weighted by atomic mass is 9.97. The van der Waals surface area contributed by atoms with Crippen LogP contribution >= 0.6 is 0 Å². The van der Waals surface area contributed by atoms with Crippen LogP contribution in [0.3, 0.4) is 0 Å². The van der Waals surface area contributed by atoms with Gasteiger partial charge in [-0.25, -0.2) is 0 Å². The van der Waals surface area contributed by atoms with Gasteiger partial charge in [-0.1, -0.05) is 25.1 Å². The van der Waals surface area contributed by atoms with Crippen LogP contribution in [-0.2, 0) is 16.0 Å². The van der Waals surface area contributed by atoms with Crippen LogP contribution in [0, 0.1) is 0 Å². The average molecular weight is 326 g/mol. The molecule has 0 saturated heterocycles. The first-order chi connectivity index (χ1) is 11.4. The van der Waals surface area contributed by atoms with Crippen molar-refractivity contribution in [1.82, 2.24) is 4.98 Å². The summed E-state index contributed by atoms with van der Waals surface area (Å²) in [4.78, 5) is 26.2. The van der Waals surface area contributed by atoms with Gasteiger partial charge in [0.25, 0.3) is 0 Å². The van der Waals surface area contributed by atoms with Crippen LogP contribution < -0.4 is 11.3 Å². The number of rotatable bonds is 6. The summed E-state index contributed by atoms with van der Waals surface area (Å²) in [7, 11) is 1.35. The van der Waals surface area contributed by atoms with Gasteiger partial charge in [-0.3, -0.25) is 9.59 Å². The minimum Gasteiger partial charge on any atom is -0.469 e. The van der Waals surface area contributed by atoms with E-state index in [0.29, 0.717) is 5.69 Å². The van der Waals surface area contributed by atoms with Crippen molar-refractivity contribution in [2.45, 2.75) is 25.7 Å². The molecule has 5 heteroatoms. The maximum atomic E-state index is 12.0. The Morgan fingerprint density at radius 1 is 1.38 bits per heavy atom. The number of ether oxygens (including phenoxy) is 1. The molecule has 0 fully saturated rings. The van der Waals surface area contributed by atoms with E-state index in [1.54, 1.807) is 6.07 Å². The van der Waals surface area contributed by atoms with E-state index in [2.05, 4.69) is 16.3 Å². The fourth-order valence-electron chi connectivity index (χ4n) is 2.59. The van der Waals surface area contributed by atoms with Gasteiger partial charge in [0, 0.05) is 23.0 Å². The lowest BCUT2D eigenvalue weighted by molar-refractivity contribution is -0.139. The topological polar surface area (TPSA) is 85.2 Å². The van der Waals surface area contributed by atoms with Crippen molar-refractivity contribution in [2.24, 2.45) is 0 Å². The second-order valence-corrected chi connectivity index (χ2v) is 5.79. The summed E-state index contributed by atoms with van der Waals surface area (Å²) in [6.45, 7) is 5.76. The van der Waals surface area contributed by atoms with E-state index in [4.69, 9.17) is 5.73 Å². The molecule has 1 unspecified atom stereocenters. The molecule has 0 amide bonds. The van der Waals surface area contributed by atoms with Crippen molar-refractivity contribution in [3.63, 3.8) is 0 Å². The Bertz CT molecular complexity index is 808. The van der Waals surface area contributed by atoms with Crippen molar-refractivity contribution in [3.05, 3.63) is 64.6 Å². The molecule has 24 heavy (non-hydrogen) atoms. The molecule has 1 aromatic heterocycles. The number of esters is 1. The number of allylic oxidation sites excluding steroid dienone is 1. The lowest BCUT2D eigenvalue weighted by Gasteiger charge is -2.13. The van der Waals surface area contributed by atoms with Crippen molar-refractivity contribution in [3.8, 4) is 11.1 Å². The highest BCUT2D eigenvalue weighted by Gasteiger charge is 2.11. The number of carbonyl (C=O) groups is 1. The van der Waals surface area contributed by atoms with Crippen LogP contribution in [0.4, 0.5) is 5.69 Å². The molecule has 5 nitrogen and oxygen atoms in total. The molecule has 0 aliphatic rings. The number of hydrogen-bond donors (Lipinski definition) is 2. The Morgan fingerprint density at radius 3 is 2.75 bits per heavy atom. The molecule has 3 N–H and O–H groups in total. The third kappa shape index (κ3) is 4.13. The van der Waals surface area contributed by atoms with Crippen molar-refractivity contribution in [2.75, 3.05) is 12.8 Å². The van der Waals surface area contributed by atoms with Crippen molar-refractivity contribution in [1.29, 1.82) is 0 Å². The molecule has 0 radical (unpaired) electrons. The van der Waals surface area contributed by atoms with E-state index in [1.807, 2.05) is 31.2 Å². The van der Waals surface area contributed by atoms with Crippen molar-refractivity contribution < 1.29 is 9.53 Å². The van der Waals surface area contributed by atoms with Gasteiger partial charge in [0.05, 0.1) is 13.5 Å². The van der Waals surface area contributed by atoms with Gasteiger partial charge in [0.1, 0.15) is 0 Å². The minimum absolute atomic E-state index is 0.162. The molecule has 0 aliphatic heterocycles. The summed E-state index contributed by atoms with van der Waals surface area (Å²) in [5.41, 5.74) is 9.61. The molecule has 1 aromatic carbocycles. The zero-order chi connectivity index (χ0) is 17.7. The maximum absolute atomic E-state index is 12.0. The number of benzene rings is 1. The first kappa shape index (κ1) is 17.5. The smallest absolute Gasteiger partial charge is 0.309 e. The van der Waals surface area contributed by atoms with Crippen LogP contribution in [0.5, 0.6) is 0 Å². The average Bonchev–Trinajstić information content (AvgIpc) is 2.54. The zero-order valence-electron chi connectivity index (χ0n) is 14.0. The molecule has 0 aliphatic carbocycles. The number of H-pyrrole nitrogens is 1. The summed E-state index contributed by atoms with van der Waals surface area (Å²) in [5.74, 6) is -0.159. The second-order valence-electron chi connectivity index (χ2n) is 5.79. The molecule has 0 bridgehead atoms. The highest BCUT2D eigenvalue weighted by atomic mass is 16.5. The predicted molar refractivity (Wildman–Crippen MR) is 95.9 cm³/mol. The first-order valence-electron chi connectivity index (χ1n) is 7.75. The van der Waals surface area contributed by atoms with Crippen LogP contribution in [0.1, 0.15) is 30.5 Å². The normalized spacial score (nSPS) is 11.8. The molecule has 126 valence electrons. The Balaban J connectivity index is 2.39. The summed E-state index contributed by atoms with van der Waals surface area (Å²) < 4.78 is 4.66. The zero-order valence-corrected chi connectivity index (χ0v) is 14.0. The van der Waals surface area contributed by atoms with Gasteiger partial charge in [-0.2, -0.15) is 0 Å².